The zero-order valence-electron chi connectivity index (χ0n) is 15.3. The molecule has 1 aliphatic heterocycles. The number of nitrogens with one attached hydrogen (secondary N) is 1. The van der Waals surface area contributed by atoms with Crippen molar-refractivity contribution in [3.63, 3.8) is 0 Å². The van der Waals surface area contributed by atoms with Gasteiger partial charge in [-0.2, -0.15) is 0 Å². The Morgan fingerprint density at radius 1 is 1.04 bits per heavy atom. The van der Waals surface area contributed by atoms with Crippen molar-refractivity contribution >= 4 is 10.0 Å². The fraction of sp³-hybridized carbons (Fsp3) is 0.429. The van der Waals surface area contributed by atoms with Gasteiger partial charge in [0.1, 0.15) is 0 Å². The Morgan fingerprint density at radius 3 is 2.56 bits per heavy atom. The second kappa shape index (κ2) is 7.72. The molecule has 0 aromatic heterocycles. The number of benzene rings is 2. The van der Waals surface area contributed by atoms with Gasteiger partial charge >= 0.3 is 0 Å². The molecular weight excluding hydrogens is 360 g/mol. The van der Waals surface area contributed by atoms with E-state index < -0.39 is 10.0 Å². The van der Waals surface area contributed by atoms with Gasteiger partial charge in [0.25, 0.3) is 0 Å². The minimum Gasteiger partial charge on any atom is -0.395 e. The molecule has 0 spiro atoms. The van der Waals surface area contributed by atoms with Crippen molar-refractivity contribution in [2.45, 2.75) is 48.7 Å². The Kier molecular flexibility index (Phi) is 5.32. The van der Waals surface area contributed by atoms with Gasteiger partial charge in [-0.15, -0.1) is 0 Å². The van der Waals surface area contributed by atoms with Crippen LogP contribution in [0.1, 0.15) is 36.4 Å². The van der Waals surface area contributed by atoms with Crippen LogP contribution >= 0.6 is 0 Å². The lowest BCUT2D eigenvalue weighted by Crippen LogP contribution is -2.50. The average Bonchev–Trinajstić information content (AvgIpc) is 3.05. The van der Waals surface area contributed by atoms with Crippen LogP contribution in [0.2, 0.25) is 0 Å². The number of rotatable bonds is 5. The summed E-state index contributed by atoms with van der Waals surface area (Å²) >= 11 is 0. The first kappa shape index (κ1) is 18.6. The summed E-state index contributed by atoms with van der Waals surface area (Å²) in [6.07, 6.45) is 3.80. The number of aliphatic hydroxyl groups is 1. The first-order chi connectivity index (χ1) is 13.1. The average molecular weight is 387 g/mol. The molecule has 2 aliphatic rings. The quantitative estimate of drug-likeness (QED) is 0.828. The van der Waals surface area contributed by atoms with Crippen molar-refractivity contribution in [1.82, 2.24) is 9.62 Å². The molecule has 1 aliphatic carbocycles. The van der Waals surface area contributed by atoms with E-state index in [4.69, 9.17) is 0 Å². The fourth-order valence-electron chi connectivity index (χ4n) is 4.54. The van der Waals surface area contributed by atoms with E-state index in [-0.39, 0.29) is 29.6 Å². The minimum atomic E-state index is -3.60. The summed E-state index contributed by atoms with van der Waals surface area (Å²) in [5.41, 5.74) is 2.36. The number of hydrogen-bond donors (Lipinski definition) is 2. The molecule has 1 heterocycles. The monoisotopic (exact) mass is 386 g/mol. The van der Waals surface area contributed by atoms with Crippen LogP contribution in [0, 0.1) is 0 Å². The van der Waals surface area contributed by atoms with Gasteiger partial charge in [-0.1, -0.05) is 48.9 Å². The molecule has 6 heteroatoms. The van der Waals surface area contributed by atoms with Crippen LogP contribution < -0.4 is 4.72 Å². The normalized spacial score (nSPS) is 26.0. The molecule has 0 radical (unpaired) electrons. The van der Waals surface area contributed by atoms with Gasteiger partial charge < -0.3 is 5.11 Å². The van der Waals surface area contributed by atoms with E-state index in [0.29, 0.717) is 6.42 Å². The van der Waals surface area contributed by atoms with Gasteiger partial charge in [0.05, 0.1) is 17.5 Å². The highest BCUT2D eigenvalue weighted by Gasteiger charge is 2.41. The molecule has 3 atom stereocenters. The van der Waals surface area contributed by atoms with E-state index in [1.54, 1.807) is 24.3 Å². The molecule has 2 aromatic carbocycles. The third-order valence-electron chi connectivity index (χ3n) is 5.80. The highest BCUT2D eigenvalue weighted by atomic mass is 32.2. The molecule has 5 nitrogen and oxygen atoms in total. The van der Waals surface area contributed by atoms with Gasteiger partial charge in [-0.25, -0.2) is 13.1 Å². The van der Waals surface area contributed by atoms with Gasteiger partial charge in [0.15, 0.2) is 0 Å². The number of likely N-dealkylation sites (tertiary alicyclic amines) is 1. The molecule has 0 amide bonds. The molecule has 0 saturated carbocycles. The van der Waals surface area contributed by atoms with E-state index in [9.17, 15) is 13.5 Å². The SMILES string of the molecule is O=S(=O)(N[C@H]1Cc2ccccc2[C@H]1N1CCCC[C@@H]1CO)c1ccccc1. The molecule has 0 bridgehead atoms. The van der Waals surface area contributed by atoms with Crippen LogP contribution in [0.25, 0.3) is 0 Å². The predicted molar refractivity (Wildman–Crippen MR) is 105 cm³/mol. The zero-order chi connectivity index (χ0) is 18.9. The number of aliphatic hydroxyl groups excluding tert-OH is 1. The number of fused-ring (bicyclic) bond motifs is 1. The summed E-state index contributed by atoms with van der Waals surface area (Å²) in [6, 6.07) is 16.5. The van der Waals surface area contributed by atoms with Gasteiger partial charge in [-0.05, 0) is 49.1 Å². The summed E-state index contributed by atoms with van der Waals surface area (Å²) in [6.45, 7) is 0.991. The number of hydrogen-bond acceptors (Lipinski definition) is 4. The number of nitrogens with zero attached hydrogens (tertiary/aromatic N) is 1. The van der Waals surface area contributed by atoms with E-state index in [1.807, 2.05) is 18.2 Å². The van der Waals surface area contributed by atoms with Crippen molar-refractivity contribution in [1.29, 1.82) is 0 Å². The molecule has 144 valence electrons. The van der Waals surface area contributed by atoms with Crippen LogP contribution in [0.5, 0.6) is 0 Å². The molecule has 2 N–H and O–H groups in total. The predicted octanol–water partition coefficient (Wildman–Crippen LogP) is 2.48. The topological polar surface area (TPSA) is 69.6 Å². The lowest BCUT2D eigenvalue weighted by molar-refractivity contribution is 0.0446. The Hall–Kier alpha value is -1.73. The van der Waals surface area contributed by atoms with Crippen LogP contribution in [-0.4, -0.2) is 43.7 Å². The van der Waals surface area contributed by atoms with Crippen molar-refractivity contribution in [3.05, 3.63) is 65.7 Å². The lowest BCUT2D eigenvalue weighted by atomic mass is 9.96. The molecule has 27 heavy (non-hydrogen) atoms. The van der Waals surface area contributed by atoms with Crippen LogP contribution in [0.4, 0.5) is 0 Å². The summed E-state index contributed by atoms with van der Waals surface area (Å²) < 4.78 is 28.8. The number of piperidine rings is 1. The van der Waals surface area contributed by atoms with Gasteiger partial charge in [0, 0.05) is 12.1 Å². The largest absolute Gasteiger partial charge is 0.395 e. The first-order valence-electron chi connectivity index (χ1n) is 9.62. The van der Waals surface area contributed by atoms with Crippen LogP contribution in [0.3, 0.4) is 0 Å². The molecule has 0 unspecified atom stereocenters. The second-order valence-electron chi connectivity index (χ2n) is 7.46. The Balaban J connectivity index is 1.67. The van der Waals surface area contributed by atoms with E-state index in [0.717, 1.165) is 25.8 Å². The summed E-state index contributed by atoms with van der Waals surface area (Å²) in [5.74, 6) is 0. The fourth-order valence-corrected chi connectivity index (χ4v) is 5.80. The molecule has 2 aromatic rings. The Labute approximate surface area is 161 Å². The van der Waals surface area contributed by atoms with Crippen molar-refractivity contribution < 1.29 is 13.5 Å². The molecule has 4 rings (SSSR count). The van der Waals surface area contributed by atoms with Crippen molar-refractivity contribution in [2.24, 2.45) is 0 Å². The van der Waals surface area contributed by atoms with E-state index in [1.165, 1.54) is 11.1 Å². The summed E-state index contributed by atoms with van der Waals surface area (Å²) in [4.78, 5) is 2.60. The third-order valence-corrected chi connectivity index (χ3v) is 7.30. The van der Waals surface area contributed by atoms with Gasteiger partial charge in [-0.3, -0.25) is 4.90 Å². The van der Waals surface area contributed by atoms with Gasteiger partial charge in [0.2, 0.25) is 10.0 Å². The molecular formula is C21H26N2O3S. The highest BCUT2D eigenvalue weighted by molar-refractivity contribution is 7.89. The molecule has 1 saturated heterocycles. The highest BCUT2D eigenvalue weighted by Crippen LogP contribution is 2.39. The zero-order valence-corrected chi connectivity index (χ0v) is 16.1. The Morgan fingerprint density at radius 2 is 1.78 bits per heavy atom. The minimum absolute atomic E-state index is 0.0443. The van der Waals surface area contributed by atoms with E-state index in [2.05, 4.69) is 21.8 Å². The molecule has 1 fully saturated rings. The lowest BCUT2D eigenvalue weighted by Gasteiger charge is -2.41. The van der Waals surface area contributed by atoms with Crippen LogP contribution in [0.15, 0.2) is 59.5 Å². The maximum atomic E-state index is 12.9. The summed E-state index contributed by atoms with van der Waals surface area (Å²) in [5, 5.41) is 9.89. The summed E-state index contributed by atoms with van der Waals surface area (Å²) in [7, 11) is -3.60. The Bertz CT molecular complexity index is 885. The second-order valence-corrected chi connectivity index (χ2v) is 9.17. The maximum Gasteiger partial charge on any atom is 0.240 e. The first-order valence-corrected chi connectivity index (χ1v) is 11.1. The standard InChI is InChI=1S/C21H26N2O3S/c24-15-17-9-6-7-13-23(17)21-19-12-5-4-8-16(19)14-20(21)22-27(25,26)18-10-2-1-3-11-18/h1-5,8,10-12,17,20-22,24H,6-7,9,13-15H2/t17-,20+,21-/m1/s1. The van der Waals surface area contributed by atoms with Crippen molar-refractivity contribution in [3.8, 4) is 0 Å². The smallest absolute Gasteiger partial charge is 0.240 e. The van der Waals surface area contributed by atoms with E-state index >= 15 is 0 Å². The van der Waals surface area contributed by atoms with Crippen LogP contribution in [-0.2, 0) is 16.4 Å². The maximum absolute atomic E-state index is 12.9. The number of sulfonamides is 1. The third kappa shape index (κ3) is 3.67. The van der Waals surface area contributed by atoms with Crippen molar-refractivity contribution in [2.75, 3.05) is 13.2 Å².